The van der Waals surface area contributed by atoms with E-state index in [1.165, 1.54) is 0 Å². The Morgan fingerprint density at radius 2 is 1.33 bits per heavy atom. The van der Waals surface area contributed by atoms with Gasteiger partial charge < -0.3 is 5.21 Å². The second-order valence-electron chi connectivity index (χ2n) is 5.47. The summed E-state index contributed by atoms with van der Waals surface area (Å²) >= 11 is 0. The Kier molecular flexibility index (Phi) is 3.51. The van der Waals surface area contributed by atoms with Gasteiger partial charge in [-0.05, 0) is 10.1 Å². The van der Waals surface area contributed by atoms with Crippen molar-refractivity contribution in [3.05, 3.63) is 0 Å². The Labute approximate surface area is 77.3 Å². The molecule has 0 aromatic rings. The zero-order valence-corrected chi connectivity index (χ0v) is 10.2. The largest absolute Gasteiger partial charge is 0.411 e. The van der Waals surface area contributed by atoms with Gasteiger partial charge in [-0.25, -0.2) is 0 Å². The van der Waals surface area contributed by atoms with Crippen molar-refractivity contribution in [2.75, 3.05) is 0 Å². The summed E-state index contributed by atoms with van der Waals surface area (Å²) in [5.41, 5.74) is 0. The monoisotopic (exact) mass is 187 g/mol. The van der Waals surface area contributed by atoms with Crippen LogP contribution in [0, 0.1) is 0 Å². The Morgan fingerprint density at radius 1 is 1.00 bits per heavy atom. The minimum Gasteiger partial charge on any atom is -0.411 e. The Bertz CT molecular complexity index is 150. The van der Waals surface area contributed by atoms with Crippen molar-refractivity contribution in [2.45, 2.75) is 51.6 Å². The van der Waals surface area contributed by atoms with Crippen LogP contribution in [-0.4, -0.2) is 19.8 Å². The van der Waals surface area contributed by atoms with Crippen LogP contribution >= 0.6 is 0 Å². The molecule has 0 heterocycles. The predicted octanol–water partition coefficient (Wildman–Crippen LogP) is 2.81. The van der Waals surface area contributed by atoms with Crippen LogP contribution in [0.1, 0.15) is 41.5 Å². The summed E-state index contributed by atoms with van der Waals surface area (Å²) in [4.78, 5) is 0. The van der Waals surface area contributed by atoms with E-state index in [9.17, 15) is 0 Å². The molecule has 0 bridgehead atoms. The lowest BCUT2D eigenvalue weighted by Gasteiger charge is -2.36. The summed E-state index contributed by atoms with van der Waals surface area (Å²) in [5.74, 6) is 1.78. The van der Waals surface area contributed by atoms with Crippen LogP contribution in [0.15, 0.2) is 5.16 Å². The molecule has 72 valence electrons. The Hall–Kier alpha value is -0.313. The third kappa shape index (κ3) is 3.39. The van der Waals surface area contributed by atoms with E-state index in [-0.39, 0.29) is 10.1 Å². The van der Waals surface area contributed by atoms with Crippen molar-refractivity contribution >= 4 is 14.6 Å². The molecule has 2 nitrogen and oxygen atoms in total. The molecular weight excluding hydrogens is 166 g/mol. The lowest BCUT2D eigenvalue weighted by molar-refractivity contribution is 0.322. The fourth-order valence-corrected chi connectivity index (χ4v) is 5.44. The van der Waals surface area contributed by atoms with Crippen LogP contribution < -0.4 is 0 Å². The van der Waals surface area contributed by atoms with Crippen molar-refractivity contribution in [1.82, 2.24) is 0 Å². The highest BCUT2D eigenvalue weighted by atomic mass is 28.3. The van der Waals surface area contributed by atoms with Crippen LogP contribution in [-0.2, 0) is 0 Å². The van der Waals surface area contributed by atoms with Crippen molar-refractivity contribution in [1.29, 1.82) is 0 Å². The highest BCUT2D eigenvalue weighted by molar-refractivity contribution is 6.89. The summed E-state index contributed by atoms with van der Waals surface area (Å²) < 4.78 is 0. The zero-order valence-electron chi connectivity index (χ0n) is 9.05. The van der Waals surface area contributed by atoms with E-state index in [0.29, 0.717) is 0 Å². The van der Waals surface area contributed by atoms with Crippen molar-refractivity contribution in [3.63, 3.8) is 0 Å². The second-order valence-corrected chi connectivity index (χ2v) is 10.2. The van der Waals surface area contributed by atoms with Gasteiger partial charge in [0.2, 0.25) is 0 Å². The summed E-state index contributed by atoms with van der Waals surface area (Å²) in [6, 6.07) is 0. The molecule has 0 rings (SSSR count). The topological polar surface area (TPSA) is 32.6 Å². The van der Waals surface area contributed by atoms with Crippen LogP contribution in [0.2, 0.25) is 10.1 Å². The molecule has 0 aromatic heterocycles. The maximum atomic E-state index is 8.57. The van der Waals surface area contributed by atoms with E-state index < -0.39 is 8.80 Å². The third-order valence-electron chi connectivity index (χ3n) is 2.08. The van der Waals surface area contributed by atoms with E-state index >= 15 is 0 Å². The first-order chi connectivity index (χ1) is 5.19. The minimum absolute atomic E-state index is 0.282. The Morgan fingerprint density at radius 3 is 1.42 bits per heavy atom. The molecule has 0 aliphatic heterocycles. The maximum Gasteiger partial charge on any atom is 0.0999 e. The first-order valence-corrected chi connectivity index (χ1v) is 6.19. The van der Waals surface area contributed by atoms with Gasteiger partial charge in [0.05, 0.1) is 8.80 Å². The molecular formula is C9H21NOSi. The number of rotatable bonds is 1. The zero-order chi connectivity index (χ0) is 9.99. The predicted molar refractivity (Wildman–Crippen MR) is 56.9 cm³/mol. The fraction of sp³-hybridized carbons (Fsp3) is 0.889. The summed E-state index contributed by atoms with van der Waals surface area (Å²) in [6.07, 6.45) is 0. The average Bonchev–Trinajstić information content (AvgIpc) is 1.77. The van der Waals surface area contributed by atoms with Gasteiger partial charge in [-0.1, -0.05) is 41.5 Å². The van der Waals surface area contributed by atoms with Gasteiger partial charge in [-0.3, -0.25) is 0 Å². The SMILES string of the molecule is CC(C)(C)[SiH](C=NO)C(C)(C)C. The molecule has 0 aliphatic rings. The van der Waals surface area contributed by atoms with Crippen molar-refractivity contribution < 1.29 is 5.21 Å². The Balaban J connectivity index is 4.69. The smallest absolute Gasteiger partial charge is 0.0999 e. The van der Waals surface area contributed by atoms with E-state index in [1.54, 1.807) is 5.84 Å². The standard InChI is InChI=1S/C9H21NOSi/c1-8(2,3)12(7-10-11)9(4,5)6/h7,11-12H,1-6H3. The molecule has 3 heteroatoms. The van der Waals surface area contributed by atoms with Gasteiger partial charge >= 0.3 is 0 Å². The van der Waals surface area contributed by atoms with E-state index in [4.69, 9.17) is 5.21 Å². The number of oxime groups is 1. The minimum atomic E-state index is -1.15. The van der Waals surface area contributed by atoms with Crippen LogP contribution in [0.25, 0.3) is 0 Å². The average molecular weight is 187 g/mol. The first kappa shape index (κ1) is 11.7. The van der Waals surface area contributed by atoms with Crippen molar-refractivity contribution in [3.8, 4) is 0 Å². The molecule has 0 atom stereocenters. The lowest BCUT2D eigenvalue weighted by Crippen LogP contribution is -2.36. The number of nitrogens with zero attached hydrogens (tertiary/aromatic N) is 1. The molecule has 0 fully saturated rings. The molecule has 0 saturated carbocycles. The summed E-state index contributed by atoms with van der Waals surface area (Å²) in [7, 11) is -1.15. The maximum absolute atomic E-state index is 8.57. The normalized spacial score (nSPS) is 14.6. The van der Waals surface area contributed by atoms with E-state index in [2.05, 4.69) is 46.7 Å². The molecule has 0 unspecified atom stereocenters. The molecule has 0 amide bonds. The molecule has 12 heavy (non-hydrogen) atoms. The number of hydrogen-bond donors (Lipinski definition) is 1. The highest BCUT2D eigenvalue weighted by Gasteiger charge is 2.35. The number of hydrogen-bond acceptors (Lipinski definition) is 2. The van der Waals surface area contributed by atoms with Gasteiger partial charge in [0.25, 0.3) is 0 Å². The van der Waals surface area contributed by atoms with E-state index in [1.807, 2.05) is 0 Å². The summed E-state index contributed by atoms with van der Waals surface area (Å²) in [5, 5.41) is 12.3. The molecule has 0 spiro atoms. The highest BCUT2D eigenvalue weighted by Crippen LogP contribution is 2.40. The molecule has 0 aromatic carbocycles. The van der Waals surface area contributed by atoms with Gasteiger partial charge in [-0.15, -0.1) is 5.16 Å². The van der Waals surface area contributed by atoms with Crippen LogP contribution in [0.5, 0.6) is 0 Å². The fourth-order valence-electron chi connectivity index (χ4n) is 1.81. The van der Waals surface area contributed by atoms with Crippen LogP contribution in [0.4, 0.5) is 0 Å². The summed E-state index contributed by atoms with van der Waals surface area (Å²) in [6.45, 7) is 13.3. The molecule has 0 saturated heterocycles. The molecule has 0 aliphatic carbocycles. The second kappa shape index (κ2) is 3.60. The van der Waals surface area contributed by atoms with E-state index in [0.717, 1.165) is 0 Å². The van der Waals surface area contributed by atoms with Gasteiger partial charge in [0.1, 0.15) is 0 Å². The first-order valence-electron chi connectivity index (χ1n) is 4.37. The quantitative estimate of drug-likeness (QED) is 0.291. The van der Waals surface area contributed by atoms with Crippen LogP contribution in [0.3, 0.4) is 0 Å². The molecule has 1 N–H and O–H groups in total. The van der Waals surface area contributed by atoms with Gasteiger partial charge in [0.15, 0.2) is 0 Å². The lowest BCUT2D eigenvalue weighted by atomic mass is 10.2. The van der Waals surface area contributed by atoms with Crippen molar-refractivity contribution in [2.24, 2.45) is 5.16 Å². The molecule has 0 radical (unpaired) electrons. The van der Waals surface area contributed by atoms with Gasteiger partial charge in [-0.2, -0.15) is 0 Å². The van der Waals surface area contributed by atoms with Gasteiger partial charge in [0, 0.05) is 5.84 Å². The third-order valence-corrected chi connectivity index (χ3v) is 6.25.